The molecule has 2 aromatic carbocycles. The van der Waals surface area contributed by atoms with Crippen molar-refractivity contribution in [2.45, 2.75) is 57.5 Å². The van der Waals surface area contributed by atoms with Crippen LogP contribution in [0.1, 0.15) is 68.1 Å². The van der Waals surface area contributed by atoms with Gasteiger partial charge in [0.25, 0.3) is 0 Å². The highest BCUT2D eigenvalue weighted by Crippen LogP contribution is 2.46. The number of hydrogen-bond acceptors (Lipinski definition) is 2. The minimum Gasteiger partial charge on any atom is -0.494 e. The summed E-state index contributed by atoms with van der Waals surface area (Å²) < 4.78 is 54.1. The van der Waals surface area contributed by atoms with E-state index in [1.54, 1.807) is 6.07 Å². The molecular formula is C27H29F3O2. The minimum atomic E-state index is -0.663. The van der Waals surface area contributed by atoms with E-state index in [0.717, 1.165) is 45.1 Å². The predicted octanol–water partition coefficient (Wildman–Crippen LogP) is 6.60. The molecule has 2 fully saturated rings. The van der Waals surface area contributed by atoms with Crippen LogP contribution in [0.2, 0.25) is 0 Å². The number of methoxy groups -OCH3 is 1. The van der Waals surface area contributed by atoms with Crippen LogP contribution in [0.25, 0.3) is 0 Å². The molecular weight excluding hydrogens is 413 g/mol. The first-order valence-corrected chi connectivity index (χ1v) is 11.4. The maximum atomic E-state index is 14.8. The lowest BCUT2D eigenvalue weighted by molar-refractivity contribution is -0.00957. The van der Waals surface area contributed by atoms with E-state index in [4.69, 9.17) is 9.47 Å². The van der Waals surface area contributed by atoms with Crippen molar-refractivity contribution in [1.82, 2.24) is 0 Å². The Bertz CT molecular complexity index is 1000. The molecule has 0 amide bonds. The Labute approximate surface area is 188 Å². The Balaban J connectivity index is 1.48. The van der Waals surface area contributed by atoms with Crippen molar-refractivity contribution >= 4 is 0 Å². The zero-order valence-electron chi connectivity index (χ0n) is 18.6. The van der Waals surface area contributed by atoms with E-state index in [1.165, 1.54) is 31.4 Å². The number of ether oxygens (including phenoxy) is 2. The van der Waals surface area contributed by atoms with E-state index in [9.17, 15) is 13.2 Å². The van der Waals surface area contributed by atoms with Gasteiger partial charge in [0.1, 0.15) is 11.6 Å². The van der Waals surface area contributed by atoms with E-state index in [-0.39, 0.29) is 17.2 Å². The van der Waals surface area contributed by atoms with Gasteiger partial charge in [-0.1, -0.05) is 11.8 Å². The Kier molecular flexibility index (Phi) is 7.10. The van der Waals surface area contributed by atoms with Gasteiger partial charge >= 0.3 is 0 Å². The molecule has 0 aromatic heterocycles. The van der Waals surface area contributed by atoms with Crippen LogP contribution >= 0.6 is 0 Å². The van der Waals surface area contributed by atoms with Crippen LogP contribution in [0.3, 0.4) is 0 Å². The van der Waals surface area contributed by atoms with Crippen LogP contribution < -0.4 is 4.74 Å². The van der Waals surface area contributed by atoms with Crippen LogP contribution in [-0.2, 0) is 4.74 Å². The van der Waals surface area contributed by atoms with Gasteiger partial charge in [0.05, 0.1) is 18.8 Å². The average Bonchev–Trinajstić information content (AvgIpc) is 2.78. The number of halogens is 3. The quantitative estimate of drug-likeness (QED) is 0.497. The van der Waals surface area contributed by atoms with E-state index in [1.807, 2.05) is 6.92 Å². The van der Waals surface area contributed by atoms with Gasteiger partial charge in [-0.2, -0.15) is 0 Å². The molecule has 32 heavy (non-hydrogen) atoms. The molecule has 0 bridgehead atoms. The van der Waals surface area contributed by atoms with Crippen LogP contribution in [-0.4, -0.2) is 19.8 Å². The lowest BCUT2D eigenvalue weighted by Crippen LogP contribution is -2.33. The highest BCUT2D eigenvalue weighted by atomic mass is 19.1. The molecule has 0 spiro atoms. The van der Waals surface area contributed by atoms with Gasteiger partial charge in [0, 0.05) is 12.2 Å². The van der Waals surface area contributed by atoms with Crippen molar-refractivity contribution in [3.63, 3.8) is 0 Å². The zero-order chi connectivity index (χ0) is 22.7. The third-order valence-corrected chi connectivity index (χ3v) is 6.99. The second kappa shape index (κ2) is 10.0. The summed E-state index contributed by atoms with van der Waals surface area (Å²) >= 11 is 0. The second-order valence-electron chi connectivity index (χ2n) is 8.88. The third kappa shape index (κ3) is 4.96. The van der Waals surface area contributed by atoms with Crippen molar-refractivity contribution in [3.05, 3.63) is 64.5 Å². The van der Waals surface area contributed by atoms with E-state index in [0.29, 0.717) is 29.1 Å². The maximum Gasteiger partial charge on any atom is 0.166 e. The Hall–Kier alpha value is -2.45. The van der Waals surface area contributed by atoms with Gasteiger partial charge in [-0.3, -0.25) is 0 Å². The molecule has 0 N–H and O–H groups in total. The number of benzene rings is 2. The average molecular weight is 443 g/mol. The summed E-state index contributed by atoms with van der Waals surface area (Å²) in [6, 6.07) is 7.04. The van der Waals surface area contributed by atoms with E-state index >= 15 is 0 Å². The van der Waals surface area contributed by atoms with Crippen molar-refractivity contribution in [2.75, 3.05) is 13.7 Å². The SMILES string of the molecule is CCOC1CCC2CC(c3cc(F)c(C#Cc4ccc(OC)c(F)c4)c(F)c3)CCC2C1. The third-order valence-electron chi connectivity index (χ3n) is 6.99. The smallest absolute Gasteiger partial charge is 0.166 e. The standard InChI is InChI=1S/C27H29F3O2/c1-3-32-22-9-8-18-13-19(6-7-20(18)14-22)21-15-24(28)23(25(29)16-21)10-4-17-5-11-27(31-2)26(30)12-17/h5,11-12,15-16,18-20,22H,3,6-9,13-14H2,1-2H3. The number of fused-ring (bicyclic) bond motifs is 1. The largest absolute Gasteiger partial charge is 0.494 e. The van der Waals surface area contributed by atoms with Crippen molar-refractivity contribution < 1.29 is 22.6 Å². The molecule has 4 unspecified atom stereocenters. The molecule has 2 saturated carbocycles. The normalized spacial score (nSPS) is 24.9. The fraction of sp³-hybridized carbons (Fsp3) is 0.481. The molecule has 5 heteroatoms. The number of rotatable bonds is 4. The minimum absolute atomic E-state index is 0.0957. The van der Waals surface area contributed by atoms with Crippen LogP contribution in [0, 0.1) is 41.1 Å². The van der Waals surface area contributed by atoms with Crippen molar-refractivity contribution in [1.29, 1.82) is 0 Å². The second-order valence-corrected chi connectivity index (χ2v) is 8.88. The van der Waals surface area contributed by atoms with Crippen molar-refractivity contribution in [2.24, 2.45) is 11.8 Å². The first-order chi connectivity index (χ1) is 15.5. The molecule has 2 aromatic rings. The molecule has 2 nitrogen and oxygen atoms in total. The molecule has 2 aliphatic rings. The van der Waals surface area contributed by atoms with Gasteiger partial charge in [0.2, 0.25) is 0 Å². The highest BCUT2D eigenvalue weighted by Gasteiger charge is 2.36. The molecule has 0 saturated heterocycles. The first-order valence-electron chi connectivity index (χ1n) is 11.4. The topological polar surface area (TPSA) is 18.5 Å². The van der Waals surface area contributed by atoms with E-state index < -0.39 is 17.5 Å². The molecule has 0 heterocycles. The molecule has 170 valence electrons. The highest BCUT2D eigenvalue weighted by molar-refractivity contribution is 5.47. The monoisotopic (exact) mass is 442 g/mol. The first kappa shape index (κ1) is 22.7. The van der Waals surface area contributed by atoms with Crippen molar-refractivity contribution in [3.8, 4) is 17.6 Å². The van der Waals surface area contributed by atoms with Crippen LogP contribution in [0.15, 0.2) is 30.3 Å². The molecule has 4 atom stereocenters. The summed E-state index contributed by atoms with van der Waals surface area (Å²) in [7, 11) is 1.37. The lowest BCUT2D eigenvalue weighted by atomic mass is 9.65. The van der Waals surface area contributed by atoms with Gasteiger partial charge in [0.15, 0.2) is 11.6 Å². The Morgan fingerprint density at radius 1 is 0.875 bits per heavy atom. The zero-order valence-corrected chi connectivity index (χ0v) is 18.6. The molecule has 4 rings (SSSR count). The van der Waals surface area contributed by atoms with Crippen LogP contribution in [0.5, 0.6) is 5.75 Å². The Morgan fingerprint density at radius 3 is 2.28 bits per heavy atom. The van der Waals surface area contributed by atoms with Gasteiger partial charge in [-0.15, -0.1) is 0 Å². The number of hydrogen-bond donors (Lipinski definition) is 0. The summed E-state index contributed by atoms with van der Waals surface area (Å²) in [6.07, 6.45) is 6.66. The summed E-state index contributed by atoms with van der Waals surface area (Å²) in [5.41, 5.74) is 0.759. The van der Waals surface area contributed by atoms with Gasteiger partial charge in [-0.25, -0.2) is 13.2 Å². The fourth-order valence-electron chi connectivity index (χ4n) is 5.36. The predicted molar refractivity (Wildman–Crippen MR) is 118 cm³/mol. The summed E-state index contributed by atoms with van der Waals surface area (Å²) in [5, 5.41) is 0. The van der Waals surface area contributed by atoms with Crippen LogP contribution in [0.4, 0.5) is 13.2 Å². The maximum absolute atomic E-state index is 14.8. The summed E-state index contributed by atoms with van der Waals surface area (Å²) in [4.78, 5) is 0. The summed E-state index contributed by atoms with van der Waals surface area (Å²) in [6.45, 7) is 2.79. The lowest BCUT2D eigenvalue weighted by Gasteiger charge is -2.42. The van der Waals surface area contributed by atoms with Gasteiger partial charge in [-0.05, 0) is 99.1 Å². The fourth-order valence-corrected chi connectivity index (χ4v) is 5.36. The molecule has 0 aliphatic heterocycles. The Morgan fingerprint density at radius 2 is 1.59 bits per heavy atom. The molecule has 2 aliphatic carbocycles. The molecule has 0 radical (unpaired) electrons. The van der Waals surface area contributed by atoms with E-state index in [2.05, 4.69) is 11.8 Å². The van der Waals surface area contributed by atoms with Gasteiger partial charge < -0.3 is 9.47 Å². The summed E-state index contributed by atoms with van der Waals surface area (Å²) in [5.74, 6) is 4.80.